The molecule has 2 aromatic rings. The maximum atomic E-state index is 12.1. The van der Waals surface area contributed by atoms with Gasteiger partial charge >= 0.3 is 0 Å². The van der Waals surface area contributed by atoms with Crippen molar-refractivity contribution < 1.29 is 4.74 Å². The Bertz CT molecular complexity index is 725. The van der Waals surface area contributed by atoms with Gasteiger partial charge in [0.2, 0.25) is 5.88 Å². The summed E-state index contributed by atoms with van der Waals surface area (Å²) in [7, 11) is 1.56. The van der Waals surface area contributed by atoms with Crippen LogP contribution in [0.2, 0.25) is 0 Å². The van der Waals surface area contributed by atoms with Crippen LogP contribution >= 0.6 is 24.8 Å². The van der Waals surface area contributed by atoms with Gasteiger partial charge in [0.1, 0.15) is 5.52 Å². The van der Waals surface area contributed by atoms with Crippen LogP contribution in [0, 0.1) is 5.92 Å². The van der Waals surface area contributed by atoms with E-state index < -0.39 is 0 Å². The summed E-state index contributed by atoms with van der Waals surface area (Å²) < 4.78 is 6.81. The van der Waals surface area contributed by atoms with Crippen LogP contribution in [0.1, 0.15) is 6.42 Å². The highest BCUT2D eigenvalue weighted by molar-refractivity contribution is 5.85. The quantitative estimate of drug-likeness (QED) is 0.836. The highest BCUT2D eigenvalue weighted by Crippen LogP contribution is 2.16. The van der Waals surface area contributed by atoms with E-state index in [2.05, 4.69) is 14.9 Å². The van der Waals surface area contributed by atoms with E-state index >= 15 is 0 Å². The molecule has 0 radical (unpaired) electrons. The van der Waals surface area contributed by atoms with Gasteiger partial charge < -0.3 is 15.4 Å². The van der Waals surface area contributed by atoms with Crippen molar-refractivity contribution in [1.82, 2.24) is 19.4 Å². The van der Waals surface area contributed by atoms with Crippen molar-refractivity contribution >= 4 is 36.0 Å². The van der Waals surface area contributed by atoms with Crippen molar-refractivity contribution in [1.29, 1.82) is 0 Å². The number of hydrogen-bond acceptors (Lipinski definition) is 6. The van der Waals surface area contributed by atoms with Gasteiger partial charge in [-0.1, -0.05) is 0 Å². The zero-order valence-electron chi connectivity index (χ0n) is 13.6. The molecule has 3 rings (SSSR count). The molecular formula is C15H23Cl2N5O2. The Labute approximate surface area is 153 Å². The fourth-order valence-corrected chi connectivity index (χ4v) is 2.90. The molecule has 0 aliphatic carbocycles. The Balaban J connectivity index is 0.00000144. The van der Waals surface area contributed by atoms with E-state index in [0.29, 0.717) is 29.5 Å². The monoisotopic (exact) mass is 375 g/mol. The van der Waals surface area contributed by atoms with Gasteiger partial charge in [-0.05, 0) is 31.5 Å². The standard InChI is InChI=1S/C15H21N5O2.2ClH/c1-22-13-3-2-12-15(18-13)20(14(21)9-17-12)7-6-19-5-4-11(8-16)10-19;;/h2-3,9,11H,4-8,10,16H2,1H3;2*1H. The van der Waals surface area contributed by atoms with Gasteiger partial charge in [0.25, 0.3) is 5.56 Å². The normalized spacial score (nSPS) is 17.3. The first kappa shape index (κ1) is 20.6. The van der Waals surface area contributed by atoms with E-state index in [1.165, 1.54) is 6.20 Å². The first-order valence-electron chi connectivity index (χ1n) is 7.54. The molecule has 0 spiro atoms. The highest BCUT2D eigenvalue weighted by atomic mass is 35.5. The topological polar surface area (TPSA) is 86.3 Å². The summed E-state index contributed by atoms with van der Waals surface area (Å²) in [6.45, 7) is 4.18. The highest BCUT2D eigenvalue weighted by Gasteiger charge is 2.21. The number of ether oxygens (including phenoxy) is 1. The Morgan fingerprint density at radius 2 is 2.12 bits per heavy atom. The van der Waals surface area contributed by atoms with E-state index in [-0.39, 0.29) is 30.4 Å². The predicted octanol–water partition coefficient (Wildman–Crippen LogP) is 0.924. The second-order valence-electron chi connectivity index (χ2n) is 5.64. The lowest BCUT2D eigenvalue weighted by molar-refractivity contribution is 0.310. The Morgan fingerprint density at radius 1 is 1.33 bits per heavy atom. The Kier molecular flexibility index (Phi) is 7.89. The maximum Gasteiger partial charge on any atom is 0.270 e. The largest absolute Gasteiger partial charge is 0.481 e. The van der Waals surface area contributed by atoms with Gasteiger partial charge in [0.15, 0.2) is 5.65 Å². The van der Waals surface area contributed by atoms with E-state index in [1.807, 2.05) is 6.07 Å². The number of fused-ring (bicyclic) bond motifs is 1. The van der Waals surface area contributed by atoms with Gasteiger partial charge in [-0.3, -0.25) is 9.36 Å². The SMILES string of the molecule is COc1ccc2ncc(=O)n(CCN3CCC(CN)C3)c2n1.Cl.Cl. The molecule has 1 atom stereocenters. The molecule has 2 N–H and O–H groups in total. The van der Waals surface area contributed by atoms with Gasteiger partial charge in [-0.2, -0.15) is 4.98 Å². The van der Waals surface area contributed by atoms with Crippen LogP contribution < -0.4 is 16.0 Å². The summed E-state index contributed by atoms with van der Waals surface area (Å²) in [5.74, 6) is 1.06. The summed E-state index contributed by atoms with van der Waals surface area (Å²) in [6, 6.07) is 3.56. The van der Waals surface area contributed by atoms with E-state index in [1.54, 1.807) is 17.7 Å². The second-order valence-corrected chi connectivity index (χ2v) is 5.64. The molecule has 0 saturated carbocycles. The molecule has 1 aliphatic heterocycles. The maximum absolute atomic E-state index is 12.1. The molecule has 3 heterocycles. The number of hydrogen-bond donors (Lipinski definition) is 1. The van der Waals surface area contributed by atoms with Crippen molar-refractivity contribution in [3.8, 4) is 5.88 Å². The summed E-state index contributed by atoms with van der Waals surface area (Å²) in [4.78, 5) is 23.0. The summed E-state index contributed by atoms with van der Waals surface area (Å²) >= 11 is 0. The van der Waals surface area contributed by atoms with Crippen molar-refractivity contribution in [2.45, 2.75) is 13.0 Å². The Morgan fingerprint density at radius 3 is 2.79 bits per heavy atom. The lowest BCUT2D eigenvalue weighted by Gasteiger charge is -2.17. The average molecular weight is 376 g/mol. The lowest BCUT2D eigenvalue weighted by Crippen LogP contribution is -2.31. The van der Waals surface area contributed by atoms with Gasteiger partial charge in [0, 0.05) is 25.7 Å². The number of aromatic nitrogens is 3. The third-order valence-corrected chi connectivity index (χ3v) is 4.22. The molecule has 7 nitrogen and oxygen atoms in total. The van der Waals surface area contributed by atoms with Crippen LogP contribution in [0.25, 0.3) is 11.2 Å². The van der Waals surface area contributed by atoms with Crippen molar-refractivity contribution in [2.75, 3.05) is 33.3 Å². The minimum absolute atomic E-state index is 0. The molecule has 0 bridgehead atoms. The molecule has 134 valence electrons. The van der Waals surface area contributed by atoms with Crippen LogP contribution in [0.5, 0.6) is 5.88 Å². The van der Waals surface area contributed by atoms with Crippen LogP contribution in [0.3, 0.4) is 0 Å². The summed E-state index contributed by atoms with van der Waals surface area (Å²) in [5, 5.41) is 0. The minimum Gasteiger partial charge on any atom is -0.481 e. The molecule has 1 saturated heterocycles. The van der Waals surface area contributed by atoms with E-state index in [0.717, 1.165) is 32.6 Å². The zero-order valence-corrected chi connectivity index (χ0v) is 15.2. The number of rotatable bonds is 5. The first-order valence-corrected chi connectivity index (χ1v) is 7.54. The average Bonchev–Trinajstić information content (AvgIpc) is 3.01. The number of nitrogens with two attached hydrogens (primary N) is 1. The summed E-state index contributed by atoms with van der Waals surface area (Å²) in [5.41, 5.74) is 6.85. The molecular weight excluding hydrogens is 353 g/mol. The molecule has 9 heteroatoms. The number of halogens is 2. The van der Waals surface area contributed by atoms with Crippen LogP contribution in [-0.2, 0) is 6.54 Å². The molecule has 1 aliphatic rings. The predicted molar refractivity (Wildman–Crippen MR) is 98.4 cm³/mol. The molecule has 1 fully saturated rings. The van der Waals surface area contributed by atoms with E-state index in [4.69, 9.17) is 10.5 Å². The minimum atomic E-state index is -0.136. The molecule has 24 heavy (non-hydrogen) atoms. The van der Waals surface area contributed by atoms with Crippen LogP contribution in [0.4, 0.5) is 0 Å². The number of likely N-dealkylation sites (tertiary alicyclic amines) is 1. The molecule has 0 amide bonds. The number of pyridine rings is 1. The van der Waals surface area contributed by atoms with Gasteiger partial charge in [-0.15, -0.1) is 24.8 Å². The van der Waals surface area contributed by atoms with E-state index in [9.17, 15) is 4.79 Å². The Hall–Kier alpha value is -1.41. The van der Waals surface area contributed by atoms with Crippen LogP contribution in [0.15, 0.2) is 23.1 Å². The zero-order chi connectivity index (χ0) is 15.5. The second kappa shape index (κ2) is 9.17. The number of methoxy groups -OCH3 is 1. The van der Waals surface area contributed by atoms with Crippen molar-refractivity contribution in [3.63, 3.8) is 0 Å². The van der Waals surface area contributed by atoms with Gasteiger partial charge in [-0.25, -0.2) is 4.98 Å². The molecule has 1 unspecified atom stereocenters. The van der Waals surface area contributed by atoms with Gasteiger partial charge in [0.05, 0.1) is 13.3 Å². The van der Waals surface area contributed by atoms with Crippen molar-refractivity contribution in [3.05, 3.63) is 28.7 Å². The first-order chi connectivity index (χ1) is 10.7. The lowest BCUT2D eigenvalue weighted by atomic mass is 10.1. The fourth-order valence-electron chi connectivity index (χ4n) is 2.90. The molecule has 0 aromatic carbocycles. The fraction of sp³-hybridized carbons (Fsp3) is 0.533. The number of nitrogens with zero attached hydrogens (tertiary/aromatic N) is 4. The smallest absolute Gasteiger partial charge is 0.270 e. The third kappa shape index (κ3) is 4.36. The molecule has 2 aromatic heterocycles. The van der Waals surface area contributed by atoms with Crippen LogP contribution in [-0.4, -0.2) is 52.7 Å². The van der Waals surface area contributed by atoms with Crippen molar-refractivity contribution in [2.24, 2.45) is 11.7 Å². The summed E-state index contributed by atoms with van der Waals surface area (Å²) in [6.07, 6.45) is 2.48. The third-order valence-electron chi connectivity index (χ3n) is 4.22.